The van der Waals surface area contributed by atoms with Crippen molar-refractivity contribution in [1.29, 1.82) is 0 Å². The fraction of sp³-hybridized carbons (Fsp3) is 0.0667. The number of nitrogens with zero attached hydrogens (tertiary/aromatic N) is 1. The molecule has 2 aromatic rings. The molecule has 0 bridgehead atoms. The highest BCUT2D eigenvalue weighted by Crippen LogP contribution is 2.24. The van der Waals surface area contributed by atoms with E-state index in [-0.39, 0.29) is 10.6 Å². The molecule has 2 aromatic carbocycles. The van der Waals surface area contributed by atoms with Gasteiger partial charge in [-0.3, -0.25) is 10.1 Å². The van der Waals surface area contributed by atoms with Gasteiger partial charge >= 0.3 is 0 Å². The predicted molar refractivity (Wildman–Crippen MR) is 80.9 cm³/mol. The second kappa shape index (κ2) is 5.80. The summed E-state index contributed by atoms with van der Waals surface area (Å²) < 4.78 is 0.959. The lowest BCUT2D eigenvalue weighted by Gasteiger charge is -2.00. The lowest BCUT2D eigenvalue weighted by atomic mass is 10.1. The second-order valence-electron chi connectivity index (χ2n) is 4.17. The molecule has 19 heavy (non-hydrogen) atoms. The molecule has 96 valence electrons. The number of rotatable bonds is 3. The molecular formula is C15H12BrNO2. The minimum Gasteiger partial charge on any atom is -0.258 e. The molecule has 0 aromatic heterocycles. The summed E-state index contributed by atoms with van der Waals surface area (Å²) in [6.45, 7) is 1.84. The lowest BCUT2D eigenvalue weighted by molar-refractivity contribution is -0.385. The number of hydrogen-bond donors (Lipinski definition) is 0. The standard InChI is InChI=1S/C15H12BrNO2/c1-11-6-7-13(15(10-11)17(18)19)9-8-12-4-2-3-5-14(12)16/h2-10H,1H3/b9-8+. The van der Waals surface area contributed by atoms with Gasteiger partial charge in [0.1, 0.15) is 0 Å². The van der Waals surface area contributed by atoms with E-state index in [1.807, 2.05) is 43.3 Å². The Balaban J connectivity index is 2.39. The van der Waals surface area contributed by atoms with Crippen LogP contribution in [0.25, 0.3) is 12.2 Å². The van der Waals surface area contributed by atoms with Gasteiger partial charge < -0.3 is 0 Å². The van der Waals surface area contributed by atoms with Gasteiger partial charge in [-0.1, -0.05) is 46.3 Å². The van der Waals surface area contributed by atoms with Crippen molar-refractivity contribution < 1.29 is 4.92 Å². The molecule has 2 rings (SSSR count). The van der Waals surface area contributed by atoms with Crippen molar-refractivity contribution in [3.05, 3.63) is 73.7 Å². The predicted octanol–water partition coefficient (Wildman–Crippen LogP) is 4.84. The van der Waals surface area contributed by atoms with Crippen molar-refractivity contribution in [2.24, 2.45) is 0 Å². The molecule has 0 aliphatic heterocycles. The van der Waals surface area contributed by atoms with Gasteiger partial charge in [-0.2, -0.15) is 0 Å². The third kappa shape index (κ3) is 3.29. The van der Waals surface area contributed by atoms with Gasteiger partial charge in [-0.15, -0.1) is 0 Å². The normalized spacial score (nSPS) is 10.8. The van der Waals surface area contributed by atoms with E-state index in [0.29, 0.717) is 5.56 Å². The van der Waals surface area contributed by atoms with Crippen molar-refractivity contribution in [1.82, 2.24) is 0 Å². The first-order valence-electron chi connectivity index (χ1n) is 5.75. The number of nitro benzene ring substituents is 1. The molecule has 0 heterocycles. The van der Waals surface area contributed by atoms with Crippen LogP contribution < -0.4 is 0 Å². The summed E-state index contributed by atoms with van der Waals surface area (Å²) in [4.78, 5) is 10.7. The van der Waals surface area contributed by atoms with Crippen LogP contribution in [-0.2, 0) is 0 Å². The van der Waals surface area contributed by atoms with E-state index in [1.54, 1.807) is 18.2 Å². The maximum atomic E-state index is 11.0. The number of aryl methyl sites for hydroxylation is 1. The molecule has 0 radical (unpaired) electrons. The van der Waals surface area contributed by atoms with Gasteiger partial charge in [0.2, 0.25) is 0 Å². The zero-order chi connectivity index (χ0) is 13.8. The Morgan fingerprint density at radius 2 is 1.79 bits per heavy atom. The van der Waals surface area contributed by atoms with Crippen LogP contribution in [0, 0.1) is 17.0 Å². The SMILES string of the molecule is Cc1ccc(/C=C/c2ccccc2Br)c([N+](=O)[O-])c1. The maximum Gasteiger partial charge on any atom is 0.276 e. The van der Waals surface area contributed by atoms with Crippen LogP contribution in [0.15, 0.2) is 46.9 Å². The van der Waals surface area contributed by atoms with Crippen molar-refractivity contribution >= 4 is 33.8 Å². The van der Waals surface area contributed by atoms with Crippen LogP contribution >= 0.6 is 15.9 Å². The molecular weight excluding hydrogens is 306 g/mol. The van der Waals surface area contributed by atoms with Crippen molar-refractivity contribution in [3.63, 3.8) is 0 Å². The molecule has 3 nitrogen and oxygen atoms in total. The first kappa shape index (κ1) is 13.5. The van der Waals surface area contributed by atoms with Crippen molar-refractivity contribution in [2.75, 3.05) is 0 Å². The van der Waals surface area contributed by atoms with Crippen LogP contribution in [0.4, 0.5) is 5.69 Å². The second-order valence-corrected chi connectivity index (χ2v) is 5.03. The first-order valence-corrected chi connectivity index (χ1v) is 6.55. The van der Waals surface area contributed by atoms with Crippen LogP contribution in [0.2, 0.25) is 0 Å². The Labute approximate surface area is 119 Å². The summed E-state index contributed by atoms with van der Waals surface area (Å²) in [5.74, 6) is 0. The average molecular weight is 318 g/mol. The molecule has 0 fully saturated rings. The molecule has 0 saturated heterocycles. The van der Waals surface area contributed by atoms with Gasteiger partial charge in [-0.25, -0.2) is 0 Å². The van der Waals surface area contributed by atoms with Gasteiger partial charge in [0.05, 0.1) is 10.5 Å². The lowest BCUT2D eigenvalue weighted by Crippen LogP contribution is -1.92. The zero-order valence-corrected chi connectivity index (χ0v) is 11.9. The zero-order valence-electron chi connectivity index (χ0n) is 10.3. The molecule has 0 saturated carbocycles. The van der Waals surface area contributed by atoms with Gasteiger partial charge in [0, 0.05) is 10.5 Å². The monoisotopic (exact) mass is 317 g/mol. The highest BCUT2D eigenvalue weighted by atomic mass is 79.9. The van der Waals surface area contributed by atoms with Gasteiger partial charge in [-0.05, 0) is 36.3 Å². The van der Waals surface area contributed by atoms with Gasteiger partial charge in [0.25, 0.3) is 5.69 Å². The maximum absolute atomic E-state index is 11.0. The average Bonchev–Trinajstić information content (AvgIpc) is 2.38. The summed E-state index contributed by atoms with van der Waals surface area (Å²) in [5, 5.41) is 11.0. The summed E-state index contributed by atoms with van der Waals surface area (Å²) in [5.41, 5.74) is 2.59. The van der Waals surface area contributed by atoms with E-state index in [0.717, 1.165) is 15.6 Å². The Kier molecular flexibility index (Phi) is 4.12. The van der Waals surface area contributed by atoms with Crippen LogP contribution in [0.5, 0.6) is 0 Å². The Morgan fingerprint density at radius 1 is 1.11 bits per heavy atom. The Morgan fingerprint density at radius 3 is 2.47 bits per heavy atom. The van der Waals surface area contributed by atoms with E-state index in [4.69, 9.17) is 0 Å². The smallest absolute Gasteiger partial charge is 0.258 e. The first-order chi connectivity index (χ1) is 9.08. The van der Waals surface area contributed by atoms with Crippen molar-refractivity contribution in [3.8, 4) is 0 Å². The number of nitro groups is 1. The highest BCUT2D eigenvalue weighted by molar-refractivity contribution is 9.10. The minimum atomic E-state index is -0.354. The summed E-state index contributed by atoms with van der Waals surface area (Å²) in [6, 6.07) is 12.9. The molecule has 0 aliphatic rings. The molecule has 0 spiro atoms. The highest BCUT2D eigenvalue weighted by Gasteiger charge is 2.11. The van der Waals surface area contributed by atoms with E-state index >= 15 is 0 Å². The number of hydrogen-bond acceptors (Lipinski definition) is 2. The molecule has 0 amide bonds. The van der Waals surface area contributed by atoms with E-state index in [1.165, 1.54) is 0 Å². The van der Waals surface area contributed by atoms with E-state index in [2.05, 4.69) is 15.9 Å². The summed E-state index contributed by atoms with van der Waals surface area (Å²) in [6.07, 6.45) is 3.62. The minimum absolute atomic E-state index is 0.128. The van der Waals surface area contributed by atoms with Crippen LogP contribution in [0.3, 0.4) is 0 Å². The fourth-order valence-corrected chi connectivity index (χ4v) is 2.16. The topological polar surface area (TPSA) is 43.1 Å². The quantitative estimate of drug-likeness (QED) is 0.462. The molecule has 0 aliphatic carbocycles. The molecule has 0 N–H and O–H groups in total. The number of halogens is 1. The fourth-order valence-electron chi connectivity index (χ4n) is 1.74. The molecule has 0 atom stereocenters. The van der Waals surface area contributed by atoms with E-state index in [9.17, 15) is 10.1 Å². The molecule has 0 unspecified atom stereocenters. The van der Waals surface area contributed by atoms with Gasteiger partial charge in [0.15, 0.2) is 0 Å². The third-order valence-corrected chi connectivity index (χ3v) is 3.45. The van der Waals surface area contributed by atoms with Crippen LogP contribution in [0.1, 0.15) is 16.7 Å². The Hall–Kier alpha value is -1.94. The summed E-state index contributed by atoms with van der Waals surface area (Å²) in [7, 11) is 0. The van der Waals surface area contributed by atoms with E-state index < -0.39 is 0 Å². The summed E-state index contributed by atoms with van der Waals surface area (Å²) >= 11 is 3.44. The largest absolute Gasteiger partial charge is 0.276 e. The van der Waals surface area contributed by atoms with Crippen LogP contribution in [-0.4, -0.2) is 4.92 Å². The Bertz CT molecular complexity index is 650. The molecule has 4 heteroatoms. The third-order valence-electron chi connectivity index (χ3n) is 2.73. The number of benzene rings is 2. The van der Waals surface area contributed by atoms with Crippen molar-refractivity contribution in [2.45, 2.75) is 6.92 Å².